The molecule has 3 atom stereocenters. The molecule has 4 rings (SSSR count). The van der Waals surface area contributed by atoms with Crippen LogP contribution < -0.4 is 4.74 Å². The summed E-state index contributed by atoms with van der Waals surface area (Å²) in [7, 11) is 0. The van der Waals surface area contributed by atoms with Crippen LogP contribution in [0.5, 0.6) is 5.75 Å². The Morgan fingerprint density at radius 3 is 2.46 bits per heavy atom. The summed E-state index contributed by atoms with van der Waals surface area (Å²) in [6.45, 7) is 16.0. The minimum absolute atomic E-state index is 0.0270. The molecule has 1 fully saturated rings. The van der Waals surface area contributed by atoms with Crippen LogP contribution >= 0.6 is 22.6 Å². The van der Waals surface area contributed by atoms with Gasteiger partial charge in [0.05, 0.1) is 6.61 Å². The predicted molar refractivity (Wildman–Crippen MR) is 127 cm³/mol. The number of alkyl halides is 1. The van der Waals surface area contributed by atoms with Crippen LogP contribution in [0.3, 0.4) is 0 Å². The largest absolute Gasteiger partial charge is 0.492 e. The molecule has 0 spiro atoms. The Hall–Kier alpha value is -1.55. The second-order valence-corrected chi connectivity index (χ2v) is 9.95. The topological polar surface area (TPSA) is 9.23 Å². The van der Waals surface area contributed by atoms with Gasteiger partial charge >= 0.3 is 0 Å². The first-order valence-corrected chi connectivity index (χ1v) is 11.3. The molecule has 0 unspecified atom stereocenters. The molecule has 1 nitrogen and oxygen atoms in total. The maximum Gasteiger partial charge on any atom is 0.126 e. The molecule has 28 heavy (non-hydrogen) atoms. The fourth-order valence-electron chi connectivity index (χ4n) is 5.42. The molecule has 0 saturated heterocycles. The van der Waals surface area contributed by atoms with Gasteiger partial charge in [0.2, 0.25) is 0 Å². The van der Waals surface area contributed by atoms with Gasteiger partial charge in [-0.3, -0.25) is 0 Å². The number of fused-ring (bicyclic) bond motifs is 3. The van der Waals surface area contributed by atoms with E-state index in [0.29, 0.717) is 10.5 Å². The Kier molecular flexibility index (Phi) is 4.97. The summed E-state index contributed by atoms with van der Waals surface area (Å²) in [6.07, 6.45) is 5.34. The smallest absolute Gasteiger partial charge is 0.126 e. The molecular formula is C26H29IO. The number of ether oxygens (including phenoxy) is 1. The first-order valence-electron chi connectivity index (χ1n) is 10.1. The number of aryl methyl sites for hydroxylation is 3. The van der Waals surface area contributed by atoms with Crippen LogP contribution in [0, 0.1) is 26.2 Å². The third-order valence-electron chi connectivity index (χ3n) is 7.06. The summed E-state index contributed by atoms with van der Waals surface area (Å²) in [5, 5.41) is 0. The summed E-state index contributed by atoms with van der Waals surface area (Å²) in [5.74, 6) is 1.10. The first-order chi connectivity index (χ1) is 13.3. The van der Waals surface area contributed by atoms with Crippen molar-refractivity contribution in [3.8, 4) is 5.75 Å². The molecule has 0 bridgehead atoms. The van der Waals surface area contributed by atoms with Crippen LogP contribution in [0.25, 0.3) is 0 Å². The Morgan fingerprint density at radius 1 is 1.11 bits per heavy atom. The zero-order valence-corrected chi connectivity index (χ0v) is 19.3. The molecule has 1 aliphatic heterocycles. The molecule has 0 N–H and O–H groups in total. The van der Waals surface area contributed by atoms with Gasteiger partial charge in [-0.25, -0.2) is 0 Å². The Morgan fingerprint density at radius 2 is 1.79 bits per heavy atom. The molecule has 2 aromatic carbocycles. The maximum atomic E-state index is 6.48. The Labute approximate surface area is 183 Å². The molecule has 2 aromatic rings. The van der Waals surface area contributed by atoms with Crippen LogP contribution in [0.1, 0.15) is 40.7 Å². The summed E-state index contributed by atoms with van der Waals surface area (Å²) in [4.78, 5) is 0. The number of halogens is 1. The molecule has 1 aliphatic carbocycles. The third kappa shape index (κ3) is 2.71. The van der Waals surface area contributed by atoms with E-state index in [4.69, 9.17) is 4.74 Å². The summed E-state index contributed by atoms with van der Waals surface area (Å²) in [6, 6.07) is 13.5. The van der Waals surface area contributed by atoms with Gasteiger partial charge in [0, 0.05) is 20.3 Å². The van der Waals surface area contributed by atoms with Gasteiger partial charge in [-0.15, -0.1) is 6.58 Å². The fraction of sp³-hybridized carbons (Fsp3) is 0.385. The van der Waals surface area contributed by atoms with E-state index in [9.17, 15) is 0 Å². The van der Waals surface area contributed by atoms with Gasteiger partial charge in [0.15, 0.2) is 0 Å². The average molecular weight is 484 g/mol. The lowest BCUT2D eigenvalue weighted by Gasteiger charge is -2.59. The van der Waals surface area contributed by atoms with Crippen LogP contribution in [0.2, 0.25) is 0 Å². The minimum atomic E-state index is -0.153. The lowest BCUT2D eigenvalue weighted by molar-refractivity contribution is 0.0478. The van der Waals surface area contributed by atoms with Crippen LogP contribution in [-0.2, 0) is 11.8 Å². The van der Waals surface area contributed by atoms with Crippen molar-refractivity contribution < 1.29 is 4.74 Å². The molecule has 0 aromatic heterocycles. The van der Waals surface area contributed by atoms with Gasteiger partial charge in [-0.2, -0.15) is 0 Å². The van der Waals surface area contributed by atoms with Crippen LogP contribution in [0.4, 0.5) is 0 Å². The Bertz CT molecular complexity index is 942. The molecule has 146 valence electrons. The highest BCUT2D eigenvalue weighted by Gasteiger charge is 2.60. The van der Waals surface area contributed by atoms with Gasteiger partial charge < -0.3 is 4.74 Å². The quantitative estimate of drug-likeness (QED) is 0.264. The number of allylic oxidation sites excluding steroid dienone is 1. The van der Waals surface area contributed by atoms with Gasteiger partial charge in [0.25, 0.3) is 0 Å². The van der Waals surface area contributed by atoms with Crippen molar-refractivity contribution in [2.45, 2.75) is 49.4 Å². The lowest BCUT2D eigenvalue weighted by atomic mass is 9.49. The van der Waals surface area contributed by atoms with E-state index in [-0.39, 0.29) is 10.8 Å². The monoisotopic (exact) mass is 484 g/mol. The molecule has 2 aliphatic rings. The summed E-state index contributed by atoms with van der Waals surface area (Å²) < 4.78 is 6.80. The van der Waals surface area contributed by atoms with Gasteiger partial charge in [-0.05, 0) is 56.7 Å². The van der Waals surface area contributed by atoms with Gasteiger partial charge in [-0.1, -0.05) is 82.8 Å². The second kappa shape index (κ2) is 7.05. The molecule has 0 radical (unpaired) electrons. The van der Waals surface area contributed by atoms with Crippen molar-refractivity contribution in [1.82, 2.24) is 0 Å². The molecule has 1 saturated carbocycles. The lowest BCUT2D eigenvalue weighted by Crippen LogP contribution is -2.60. The average Bonchev–Trinajstić information content (AvgIpc) is 2.69. The highest BCUT2D eigenvalue weighted by Crippen LogP contribution is 2.63. The van der Waals surface area contributed by atoms with E-state index in [1.54, 1.807) is 0 Å². The van der Waals surface area contributed by atoms with E-state index in [0.717, 1.165) is 25.0 Å². The molecule has 1 heterocycles. The predicted octanol–water partition coefficient (Wildman–Crippen LogP) is 6.81. The van der Waals surface area contributed by atoms with Crippen molar-refractivity contribution in [3.63, 3.8) is 0 Å². The standard InChI is InChI=1S/C26H29IO/c1-6-25-16-28-23-19(4)10-9-18(3)22(23)26(25,14-13-20(5)24(25)27)15-21-11-7-17(2)8-12-21/h6-12,24H,1,5,13-16H2,2-4H3/t24-,25+,26-/m1/s1. The van der Waals surface area contributed by atoms with E-state index in [1.807, 2.05) is 0 Å². The molecular weight excluding hydrogens is 455 g/mol. The van der Waals surface area contributed by atoms with Crippen molar-refractivity contribution in [3.05, 3.63) is 89.0 Å². The zero-order chi connectivity index (χ0) is 20.1. The van der Waals surface area contributed by atoms with Crippen molar-refractivity contribution in [1.29, 1.82) is 0 Å². The van der Waals surface area contributed by atoms with E-state index in [1.165, 1.54) is 33.4 Å². The van der Waals surface area contributed by atoms with Crippen molar-refractivity contribution in [2.75, 3.05) is 6.61 Å². The SMILES string of the molecule is C=C[C@@]12COc3c(C)ccc(C)c3[C@]1(Cc1ccc(C)cc1)CCC(=C)[C@H]2I. The highest BCUT2D eigenvalue weighted by atomic mass is 127. The summed E-state index contributed by atoms with van der Waals surface area (Å²) >= 11 is 2.60. The number of hydrogen-bond acceptors (Lipinski definition) is 1. The normalized spacial score (nSPS) is 28.9. The number of hydrogen-bond donors (Lipinski definition) is 0. The number of rotatable bonds is 3. The van der Waals surface area contributed by atoms with E-state index >= 15 is 0 Å². The third-order valence-corrected chi connectivity index (χ3v) is 9.05. The highest BCUT2D eigenvalue weighted by molar-refractivity contribution is 14.1. The van der Waals surface area contributed by atoms with Crippen LogP contribution in [0.15, 0.2) is 61.2 Å². The van der Waals surface area contributed by atoms with Gasteiger partial charge in [0.1, 0.15) is 5.75 Å². The van der Waals surface area contributed by atoms with E-state index < -0.39 is 0 Å². The fourth-order valence-corrected chi connectivity index (χ4v) is 6.76. The minimum Gasteiger partial charge on any atom is -0.492 e. The second-order valence-electron chi connectivity index (χ2n) is 8.70. The first kappa shape index (κ1) is 19.8. The molecule has 2 heteroatoms. The number of benzene rings is 2. The van der Waals surface area contributed by atoms with E-state index in [2.05, 4.69) is 99.0 Å². The van der Waals surface area contributed by atoms with Crippen molar-refractivity contribution >= 4 is 22.6 Å². The summed E-state index contributed by atoms with van der Waals surface area (Å²) in [5.41, 5.74) is 7.79. The van der Waals surface area contributed by atoms with Crippen LogP contribution in [-0.4, -0.2) is 10.5 Å². The van der Waals surface area contributed by atoms with Crippen molar-refractivity contribution in [2.24, 2.45) is 5.41 Å². The maximum absolute atomic E-state index is 6.48. The zero-order valence-electron chi connectivity index (χ0n) is 17.1. The molecule has 0 amide bonds. The Balaban J connectivity index is 2.00.